The Bertz CT molecular complexity index is 1200. The van der Waals surface area contributed by atoms with Gasteiger partial charge in [-0.25, -0.2) is 18.4 Å². The van der Waals surface area contributed by atoms with Gasteiger partial charge in [-0.15, -0.1) is 0 Å². The molecule has 1 unspecified atom stereocenters. The Balaban J connectivity index is 1.74. The zero-order valence-electron chi connectivity index (χ0n) is 16.0. The number of anilines is 1. The van der Waals surface area contributed by atoms with Crippen LogP contribution in [-0.4, -0.2) is 32.0 Å². The summed E-state index contributed by atoms with van der Waals surface area (Å²) >= 11 is 1.01. The quantitative estimate of drug-likeness (QED) is 0.359. The van der Waals surface area contributed by atoms with Crippen LogP contribution < -0.4 is 25.5 Å². The molecule has 2 aromatic carbocycles. The summed E-state index contributed by atoms with van der Waals surface area (Å²) in [7, 11) is -2.27. The van der Waals surface area contributed by atoms with E-state index in [9.17, 15) is 18.0 Å². The fourth-order valence-corrected chi connectivity index (χ4v) is 3.86. The number of nitrogens with zero attached hydrogens (tertiary/aromatic N) is 1. The molecule has 0 radical (unpaired) electrons. The smallest absolute Gasteiger partial charge is 0.442 e. The summed E-state index contributed by atoms with van der Waals surface area (Å²) < 4.78 is 34.0. The van der Waals surface area contributed by atoms with Crippen molar-refractivity contribution in [2.45, 2.75) is 22.1 Å². The molecule has 1 heterocycles. The Hall–Kier alpha value is -3.09. The van der Waals surface area contributed by atoms with Gasteiger partial charge in [0, 0.05) is 17.8 Å². The first-order chi connectivity index (χ1) is 14.2. The number of benzene rings is 2. The number of nitrogens with two attached hydrogens (primary N) is 1. The van der Waals surface area contributed by atoms with E-state index in [2.05, 4.69) is 10.6 Å². The van der Waals surface area contributed by atoms with Crippen molar-refractivity contribution in [1.29, 1.82) is 0 Å². The minimum Gasteiger partial charge on any atom is -0.497 e. The van der Waals surface area contributed by atoms with Crippen LogP contribution in [0.1, 0.15) is 6.92 Å². The maximum Gasteiger partial charge on any atom is 0.442 e. The van der Waals surface area contributed by atoms with Crippen LogP contribution in [0.3, 0.4) is 0 Å². The Kier molecular flexibility index (Phi) is 6.29. The number of hydrogen-bond acceptors (Lipinski definition) is 7. The van der Waals surface area contributed by atoms with E-state index < -0.39 is 20.9 Å². The van der Waals surface area contributed by atoms with E-state index in [1.54, 1.807) is 38.3 Å². The summed E-state index contributed by atoms with van der Waals surface area (Å²) in [6, 6.07) is 12.3. The largest absolute Gasteiger partial charge is 0.497 e. The Morgan fingerprint density at radius 2 is 1.83 bits per heavy atom. The Labute approximate surface area is 176 Å². The molecule has 12 heteroatoms. The lowest BCUT2D eigenvalue weighted by molar-refractivity contribution is -0.704. The monoisotopic (exact) mass is 451 g/mol. The number of hydrogen-bond donors (Lipinski definition) is 3. The highest BCUT2D eigenvalue weighted by atomic mass is 32.2. The maximum absolute atomic E-state index is 12.5. The summed E-state index contributed by atoms with van der Waals surface area (Å²) in [5.74, 6) is 0.269. The van der Waals surface area contributed by atoms with Crippen molar-refractivity contribution >= 4 is 33.4 Å². The van der Waals surface area contributed by atoms with E-state index >= 15 is 0 Å². The maximum atomic E-state index is 12.5. The van der Waals surface area contributed by atoms with Crippen molar-refractivity contribution in [3.63, 3.8) is 0 Å². The minimum absolute atomic E-state index is 0.0617. The molecule has 10 nitrogen and oxygen atoms in total. The highest BCUT2D eigenvalue weighted by Gasteiger charge is 2.29. The van der Waals surface area contributed by atoms with Gasteiger partial charge < -0.3 is 10.1 Å². The van der Waals surface area contributed by atoms with Crippen molar-refractivity contribution in [1.82, 2.24) is 5.27 Å². The number of sulfonamides is 1. The number of ether oxygens (including phenoxy) is 1. The zero-order chi connectivity index (χ0) is 21.9. The van der Waals surface area contributed by atoms with Crippen molar-refractivity contribution in [3.8, 4) is 11.4 Å². The van der Waals surface area contributed by atoms with Gasteiger partial charge in [-0.1, -0.05) is 0 Å². The number of H-pyrrole nitrogens is 1. The molecule has 0 spiro atoms. The second kappa shape index (κ2) is 8.73. The van der Waals surface area contributed by atoms with Crippen molar-refractivity contribution in [2.24, 2.45) is 5.14 Å². The number of amides is 1. The van der Waals surface area contributed by atoms with Gasteiger partial charge in [0.2, 0.25) is 21.6 Å². The lowest BCUT2D eigenvalue weighted by atomic mass is 10.3. The van der Waals surface area contributed by atoms with Crippen LogP contribution in [-0.2, 0) is 14.8 Å². The molecule has 0 saturated carbocycles. The molecule has 0 bridgehead atoms. The highest BCUT2D eigenvalue weighted by Crippen LogP contribution is 2.21. The first-order valence-corrected chi connectivity index (χ1v) is 11.0. The SMILES string of the molecule is COc1ccc(-[n+]2[nH]oc(=O)c2SC(C)C(=O)Nc2ccc(S(N)(=O)=O)cc2)cc1. The van der Waals surface area contributed by atoms with Gasteiger partial charge in [-0.05, 0) is 65.0 Å². The van der Waals surface area contributed by atoms with E-state index in [0.29, 0.717) is 17.1 Å². The average Bonchev–Trinajstić information content (AvgIpc) is 3.08. The van der Waals surface area contributed by atoms with Gasteiger partial charge in [0.05, 0.1) is 17.3 Å². The van der Waals surface area contributed by atoms with Crippen molar-refractivity contribution in [3.05, 3.63) is 59.0 Å². The predicted octanol–water partition coefficient (Wildman–Crippen LogP) is 1.02. The Morgan fingerprint density at radius 3 is 2.40 bits per heavy atom. The molecule has 1 amide bonds. The normalized spacial score (nSPS) is 12.4. The van der Waals surface area contributed by atoms with Gasteiger partial charge >= 0.3 is 10.7 Å². The molecule has 0 aliphatic carbocycles. The van der Waals surface area contributed by atoms with E-state index in [1.807, 2.05) is 0 Å². The second-order valence-electron chi connectivity index (χ2n) is 6.14. The molecule has 1 atom stereocenters. The first kappa shape index (κ1) is 21.6. The fraction of sp³-hybridized carbons (Fsp3) is 0.167. The molecule has 30 heavy (non-hydrogen) atoms. The van der Waals surface area contributed by atoms with Gasteiger partial charge in [-0.3, -0.25) is 9.32 Å². The lowest BCUT2D eigenvalue weighted by Gasteiger charge is -2.10. The summed E-state index contributed by atoms with van der Waals surface area (Å²) in [6.45, 7) is 1.63. The molecule has 158 valence electrons. The lowest BCUT2D eigenvalue weighted by Crippen LogP contribution is -2.37. The van der Waals surface area contributed by atoms with E-state index in [1.165, 1.54) is 28.9 Å². The van der Waals surface area contributed by atoms with Crippen LogP contribution in [0.4, 0.5) is 5.69 Å². The number of carbonyl (C=O) groups is 1. The summed E-state index contributed by atoms with van der Waals surface area (Å²) in [5.41, 5.74) is 0.396. The minimum atomic E-state index is -3.82. The van der Waals surface area contributed by atoms with Gasteiger partial charge in [0.25, 0.3) is 0 Å². The molecular formula is C18H19N4O6S2+. The van der Waals surface area contributed by atoms with Crippen LogP contribution in [0.2, 0.25) is 0 Å². The van der Waals surface area contributed by atoms with Gasteiger partial charge in [-0.2, -0.15) is 0 Å². The van der Waals surface area contributed by atoms with Gasteiger partial charge in [0.1, 0.15) is 5.75 Å². The van der Waals surface area contributed by atoms with Crippen LogP contribution in [0, 0.1) is 0 Å². The molecule has 0 aliphatic heterocycles. The van der Waals surface area contributed by atoms with Crippen LogP contribution in [0.25, 0.3) is 5.69 Å². The predicted molar refractivity (Wildman–Crippen MR) is 109 cm³/mol. The number of thioether (sulfide) groups is 1. The molecule has 3 aromatic rings. The molecule has 0 fully saturated rings. The summed E-state index contributed by atoms with van der Waals surface area (Å²) in [4.78, 5) is 24.6. The zero-order valence-corrected chi connectivity index (χ0v) is 17.6. The van der Waals surface area contributed by atoms with E-state index in [-0.39, 0.29) is 15.8 Å². The number of methoxy groups -OCH3 is 1. The number of aromatic nitrogens is 2. The third-order valence-corrected chi connectivity index (χ3v) is 6.12. The molecule has 4 N–H and O–H groups in total. The number of nitrogens with one attached hydrogen (secondary N) is 2. The van der Waals surface area contributed by atoms with E-state index in [4.69, 9.17) is 14.4 Å². The third kappa shape index (κ3) is 4.90. The topological polar surface area (TPSA) is 148 Å². The molecular weight excluding hydrogens is 432 g/mol. The van der Waals surface area contributed by atoms with Gasteiger partial charge in [0.15, 0.2) is 0 Å². The van der Waals surface area contributed by atoms with Crippen LogP contribution in [0.15, 0.2) is 67.8 Å². The van der Waals surface area contributed by atoms with Crippen LogP contribution >= 0.6 is 11.8 Å². The molecule has 1 aromatic heterocycles. The molecule has 0 aliphatic rings. The summed E-state index contributed by atoms with van der Waals surface area (Å²) in [6.07, 6.45) is 0. The van der Waals surface area contributed by atoms with E-state index in [0.717, 1.165) is 11.8 Å². The second-order valence-corrected chi connectivity index (χ2v) is 9.03. The van der Waals surface area contributed by atoms with Crippen molar-refractivity contribution < 1.29 is 27.2 Å². The number of primary sulfonamides is 1. The number of rotatable bonds is 7. The van der Waals surface area contributed by atoms with Crippen molar-refractivity contribution in [2.75, 3.05) is 12.4 Å². The number of aromatic amines is 1. The van der Waals surface area contributed by atoms with Crippen LogP contribution in [0.5, 0.6) is 5.75 Å². The fourth-order valence-electron chi connectivity index (χ4n) is 2.46. The molecule has 0 saturated heterocycles. The standard InChI is InChI=1S/C18H18N4O6S2/c1-11(16(23)20-12-3-9-15(10-4-12)30(19,25)26)29-17-18(24)28-21-22(17)13-5-7-14(27-2)8-6-13/h3-11H,1-2H3,(H3-,19,20,21,23,24,25,26)/p+1. The Morgan fingerprint density at radius 1 is 1.20 bits per heavy atom. The first-order valence-electron chi connectivity index (χ1n) is 8.57. The summed E-state index contributed by atoms with van der Waals surface area (Å²) in [5, 5.41) is 9.75. The number of carbonyl (C=O) groups excluding carboxylic acids is 1. The average molecular weight is 452 g/mol. The third-order valence-electron chi connectivity index (χ3n) is 4.05. The molecule has 3 rings (SSSR count). The highest BCUT2D eigenvalue weighted by molar-refractivity contribution is 8.00.